The summed E-state index contributed by atoms with van der Waals surface area (Å²) in [6.07, 6.45) is 3.52. The first-order valence-corrected chi connectivity index (χ1v) is 12.7. The SMILES string of the molecule is Cc1cc(C(=O)N[C@@H](c2cc3ccccc3[nH]2)c2cc(F)ccc2O)cc(-c2ncc(N3CC(N)C3)cn2)c1. The summed E-state index contributed by atoms with van der Waals surface area (Å²) in [7, 11) is 0. The predicted molar refractivity (Wildman–Crippen MR) is 148 cm³/mol. The van der Waals surface area contributed by atoms with Crippen LogP contribution in [0.2, 0.25) is 0 Å². The molecule has 8 nitrogen and oxygen atoms in total. The lowest BCUT2D eigenvalue weighted by molar-refractivity contribution is 0.0942. The van der Waals surface area contributed by atoms with Crippen LogP contribution in [0.25, 0.3) is 22.3 Å². The minimum Gasteiger partial charge on any atom is -0.508 e. The Hall–Kier alpha value is -4.76. The van der Waals surface area contributed by atoms with Crippen LogP contribution in [0.4, 0.5) is 10.1 Å². The number of nitrogens with two attached hydrogens (primary N) is 1. The zero-order valence-corrected chi connectivity index (χ0v) is 21.2. The highest BCUT2D eigenvalue weighted by Gasteiger charge is 2.25. The number of nitrogens with zero attached hydrogens (tertiary/aromatic N) is 3. The van der Waals surface area contributed by atoms with E-state index in [0.29, 0.717) is 22.6 Å². The van der Waals surface area contributed by atoms with Gasteiger partial charge in [0.2, 0.25) is 0 Å². The molecule has 3 aromatic carbocycles. The third kappa shape index (κ3) is 4.92. The van der Waals surface area contributed by atoms with Gasteiger partial charge in [0.1, 0.15) is 11.6 Å². The zero-order valence-electron chi connectivity index (χ0n) is 21.2. The lowest BCUT2D eigenvalue weighted by Gasteiger charge is -2.38. The number of phenolic OH excluding ortho intramolecular Hbond substituents is 1. The van der Waals surface area contributed by atoms with Gasteiger partial charge in [-0.25, -0.2) is 14.4 Å². The Morgan fingerprint density at radius 2 is 1.87 bits per heavy atom. The first kappa shape index (κ1) is 24.6. The van der Waals surface area contributed by atoms with E-state index in [1.807, 2.05) is 43.3 Å². The lowest BCUT2D eigenvalue weighted by atomic mass is 10.0. The number of aromatic amines is 1. The normalized spacial score (nSPS) is 14.3. The molecule has 196 valence electrons. The van der Waals surface area contributed by atoms with Crippen molar-refractivity contribution in [3.05, 3.63) is 107 Å². The maximum Gasteiger partial charge on any atom is 0.252 e. The molecule has 5 N–H and O–H groups in total. The number of fused-ring (bicyclic) bond motifs is 1. The number of H-pyrrole nitrogens is 1. The summed E-state index contributed by atoms with van der Waals surface area (Å²) in [6.45, 7) is 3.44. The summed E-state index contributed by atoms with van der Waals surface area (Å²) in [5, 5.41) is 14.5. The van der Waals surface area contributed by atoms with E-state index in [-0.39, 0.29) is 17.4 Å². The molecule has 2 aromatic heterocycles. The summed E-state index contributed by atoms with van der Waals surface area (Å²) in [4.78, 5) is 28.0. The molecule has 0 bridgehead atoms. The van der Waals surface area contributed by atoms with E-state index < -0.39 is 17.8 Å². The molecule has 6 rings (SSSR count). The van der Waals surface area contributed by atoms with E-state index in [4.69, 9.17) is 5.73 Å². The molecule has 0 saturated carbocycles. The minimum absolute atomic E-state index is 0.123. The molecule has 1 amide bonds. The number of benzene rings is 3. The fraction of sp³-hybridized carbons (Fsp3) is 0.167. The molecule has 1 fully saturated rings. The Morgan fingerprint density at radius 1 is 1.10 bits per heavy atom. The van der Waals surface area contributed by atoms with Crippen molar-refractivity contribution in [2.24, 2.45) is 5.73 Å². The number of anilines is 1. The fourth-order valence-corrected chi connectivity index (χ4v) is 4.95. The molecule has 3 heterocycles. The highest BCUT2D eigenvalue weighted by molar-refractivity contribution is 5.96. The first-order valence-electron chi connectivity index (χ1n) is 12.7. The number of phenols is 1. The molecular formula is C30H27FN6O2. The number of aromatic hydroxyl groups is 1. The molecule has 5 aromatic rings. The number of halogens is 1. The summed E-state index contributed by atoms with van der Waals surface area (Å²) in [5.74, 6) is -0.534. The van der Waals surface area contributed by atoms with Gasteiger partial charge in [0.25, 0.3) is 5.91 Å². The number of hydrogen-bond donors (Lipinski definition) is 4. The van der Waals surface area contributed by atoms with Crippen molar-refractivity contribution in [1.29, 1.82) is 0 Å². The maximum absolute atomic E-state index is 14.2. The number of rotatable bonds is 6. The van der Waals surface area contributed by atoms with Crippen LogP contribution in [0.15, 0.2) is 79.1 Å². The highest BCUT2D eigenvalue weighted by Crippen LogP contribution is 2.32. The average molecular weight is 523 g/mol. The number of amides is 1. The van der Waals surface area contributed by atoms with Crippen molar-refractivity contribution in [3.63, 3.8) is 0 Å². The fourth-order valence-electron chi connectivity index (χ4n) is 4.95. The molecule has 0 aliphatic carbocycles. The van der Waals surface area contributed by atoms with E-state index in [0.717, 1.165) is 35.2 Å². The summed E-state index contributed by atoms with van der Waals surface area (Å²) >= 11 is 0. The van der Waals surface area contributed by atoms with E-state index in [2.05, 4.69) is 25.2 Å². The van der Waals surface area contributed by atoms with Crippen molar-refractivity contribution < 1.29 is 14.3 Å². The summed E-state index contributed by atoms with van der Waals surface area (Å²) in [5.41, 5.74) is 10.4. The van der Waals surface area contributed by atoms with Crippen LogP contribution in [-0.4, -0.2) is 45.1 Å². The van der Waals surface area contributed by atoms with Crippen LogP contribution >= 0.6 is 0 Å². The number of aromatic nitrogens is 3. The molecule has 1 aliphatic rings. The Kier molecular flexibility index (Phi) is 6.20. The number of carbonyl (C=O) groups is 1. The van der Waals surface area contributed by atoms with Gasteiger partial charge in [0.05, 0.1) is 24.1 Å². The highest BCUT2D eigenvalue weighted by atomic mass is 19.1. The first-order chi connectivity index (χ1) is 18.8. The second-order valence-corrected chi connectivity index (χ2v) is 9.94. The van der Waals surface area contributed by atoms with E-state index in [1.165, 1.54) is 18.2 Å². The third-order valence-electron chi connectivity index (χ3n) is 6.95. The summed E-state index contributed by atoms with van der Waals surface area (Å²) < 4.78 is 14.2. The van der Waals surface area contributed by atoms with Gasteiger partial charge in [0.15, 0.2) is 5.82 Å². The van der Waals surface area contributed by atoms with Crippen molar-refractivity contribution in [3.8, 4) is 17.1 Å². The van der Waals surface area contributed by atoms with Crippen LogP contribution < -0.4 is 16.0 Å². The molecule has 9 heteroatoms. The van der Waals surface area contributed by atoms with Gasteiger partial charge in [0, 0.05) is 47.0 Å². The Balaban J connectivity index is 1.32. The van der Waals surface area contributed by atoms with E-state index in [9.17, 15) is 14.3 Å². The van der Waals surface area contributed by atoms with E-state index >= 15 is 0 Å². The second-order valence-electron chi connectivity index (χ2n) is 9.94. The molecular weight excluding hydrogens is 495 g/mol. The van der Waals surface area contributed by atoms with Gasteiger partial charge in [-0.1, -0.05) is 18.2 Å². The van der Waals surface area contributed by atoms with Gasteiger partial charge in [-0.15, -0.1) is 0 Å². The Bertz CT molecular complexity index is 1640. The number of nitrogens with one attached hydrogen (secondary N) is 2. The number of hydrogen-bond acceptors (Lipinski definition) is 6. The standard InChI is InChI=1S/C30H27FN6O2/c1-17-8-19(29-33-13-23(14-34-29)37-15-22(32)16-37)10-20(9-17)30(39)36-28(24-12-21(31)6-7-27(24)38)26-11-18-4-2-3-5-25(18)35-26/h2-14,22,28,35,38H,15-16,32H2,1H3,(H,36,39)/t28-/m1/s1. The van der Waals surface area contributed by atoms with Crippen LogP contribution in [0.5, 0.6) is 5.75 Å². The van der Waals surface area contributed by atoms with Crippen molar-refractivity contribution in [2.75, 3.05) is 18.0 Å². The minimum atomic E-state index is -0.831. The second kappa shape index (κ2) is 9.85. The van der Waals surface area contributed by atoms with Gasteiger partial charge in [-0.2, -0.15) is 0 Å². The molecule has 39 heavy (non-hydrogen) atoms. The number of carbonyl (C=O) groups excluding carboxylic acids is 1. The number of aryl methyl sites for hydroxylation is 1. The van der Waals surface area contributed by atoms with Crippen molar-refractivity contribution in [1.82, 2.24) is 20.3 Å². The molecule has 1 atom stereocenters. The maximum atomic E-state index is 14.2. The zero-order chi connectivity index (χ0) is 27.1. The van der Waals surface area contributed by atoms with E-state index in [1.54, 1.807) is 24.5 Å². The number of para-hydroxylation sites is 1. The monoisotopic (exact) mass is 522 g/mol. The van der Waals surface area contributed by atoms with Gasteiger partial charge in [-0.3, -0.25) is 4.79 Å². The van der Waals surface area contributed by atoms with Crippen LogP contribution in [0.3, 0.4) is 0 Å². The predicted octanol–water partition coefficient (Wildman–Crippen LogP) is 4.44. The quantitative estimate of drug-likeness (QED) is 0.262. The Labute approximate surface area is 224 Å². The molecule has 0 unspecified atom stereocenters. The van der Waals surface area contributed by atoms with Crippen LogP contribution in [0.1, 0.15) is 33.2 Å². The van der Waals surface area contributed by atoms with Crippen molar-refractivity contribution in [2.45, 2.75) is 19.0 Å². The smallest absolute Gasteiger partial charge is 0.252 e. The summed E-state index contributed by atoms with van der Waals surface area (Å²) in [6, 6.07) is 18.0. The van der Waals surface area contributed by atoms with Crippen molar-refractivity contribution >= 4 is 22.5 Å². The average Bonchev–Trinajstić information content (AvgIpc) is 3.35. The van der Waals surface area contributed by atoms with Gasteiger partial charge >= 0.3 is 0 Å². The largest absolute Gasteiger partial charge is 0.508 e. The molecule has 1 aliphatic heterocycles. The van der Waals surface area contributed by atoms with Crippen LogP contribution in [-0.2, 0) is 0 Å². The topological polar surface area (TPSA) is 120 Å². The molecule has 0 spiro atoms. The van der Waals surface area contributed by atoms with Gasteiger partial charge in [-0.05, 0) is 66.4 Å². The third-order valence-corrected chi connectivity index (χ3v) is 6.95. The Morgan fingerprint density at radius 3 is 2.62 bits per heavy atom. The molecule has 1 saturated heterocycles. The molecule has 0 radical (unpaired) electrons. The van der Waals surface area contributed by atoms with Crippen LogP contribution in [0, 0.1) is 12.7 Å². The van der Waals surface area contributed by atoms with Gasteiger partial charge < -0.3 is 26.0 Å². The lowest BCUT2D eigenvalue weighted by Crippen LogP contribution is -2.55.